The van der Waals surface area contributed by atoms with Crippen LogP contribution in [0.2, 0.25) is 0 Å². The number of likely N-dealkylation sites (tertiary alicyclic amines) is 1. The number of piperidine rings is 1. The molecule has 0 spiro atoms. The number of hydrogen-bond donors (Lipinski definition) is 1. The Balaban J connectivity index is 1.21. The van der Waals surface area contributed by atoms with E-state index in [2.05, 4.69) is 29.6 Å². The average molecular weight is 342 g/mol. The lowest BCUT2D eigenvalue weighted by atomic mass is 9.90. The van der Waals surface area contributed by atoms with Crippen LogP contribution in [-0.2, 0) is 15.9 Å². The van der Waals surface area contributed by atoms with Gasteiger partial charge in [-0.2, -0.15) is 0 Å². The van der Waals surface area contributed by atoms with Crippen LogP contribution in [0, 0.1) is 11.8 Å². The third-order valence-electron chi connectivity index (χ3n) is 6.64. The summed E-state index contributed by atoms with van der Waals surface area (Å²) in [5.41, 5.74) is 2.90. The van der Waals surface area contributed by atoms with Crippen LogP contribution in [0.15, 0.2) is 24.3 Å². The Morgan fingerprint density at radius 3 is 2.92 bits per heavy atom. The molecular weight excluding hydrogens is 316 g/mol. The molecule has 4 atom stereocenters. The second-order valence-corrected chi connectivity index (χ2v) is 8.07. The minimum atomic E-state index is -0.520. The van der Waals surface area contributed by atoms with E-state index in [1.54, 1.807) is 0 Å². The van der Waals surface area contributed by atoms with E-state index in [4.69, 9.17) is 9.47 Å². The van der Waals surface area contributed by atoms with Gasteiger partial charge >= 0.3 is 6.03 Å². The Labute approximate surface area is 148 Å². The number of amides is 2. The Hall–Kier alpha value is -1.59. The number of urea groups is 1. The Kier molecular flexibility index (Phi) is 3.57. The molecule has 134 valence electrons. The number of rotatable bonds is 2. The molecule has 2 amide bonds. The standard InChI is InChI=1S/C20H26N2O3/c1-20(24-9-10-25-20)14-6-4-8-22(12-14)19(23)21-18-16-11-13-5-2-3-7-15(13)17(16)18/h2-3,5,7,14,16-18H,4,6,8-12H2,1H3,(H,21,23)/t14-,16+,17+,18-/m1/s1. The van der Waals surface area contributed by atoms with Gasteiger partial charge in [0.1, 0.15) is 0 Å². The molecule has 0 aromatic heterocycles. The topological polar surface area (TPSA) is 50.8 Å². The predicted molar refractivity (Wildman–Crippen MR) is 93.3 cm³/mol. The van der Waals surface area contributed by atoms with Crippen molar-refractivity contribution in [2.45, 2.75) is 43.9 Å². The van der Waals surface area contributed by atoms with E-state index >= 15 is 0 Å². The molecule has 2 aliphatic heterocycles. The van der Waals surface area contributed by atoms with Crippen molar-refractivity contribution in [2.75, 3.05) is 26.3 Å². The molecule has 3 fully saturated rings. The summed E-state index contributed by atoms with van der Waals surface area (Å²) >= 11 is 0. The number of benzene rings is 1. The second kappa shape index (κ2) is 5.71. The maximum absolute atomic E-state index is 12.8. The third kappa shape index (κ3) is 2.56. The smallest absolute Gasteiger partial charge is 0.317 e. The van der Waals surface area contributed by atoms with Crippen LogP contribution in [0.3, 0.4) is 0 Å². The van der Waals surface area contributed by atoms with Crippen LogP contribution >= 0.6 is 0 Å². The van der Waals surface area contributed by atoms with E-state index in [0.717, 1.165) is 32.4 Å². The zero-order valence-electron chi connectivity index (χ0n) is 14.7. The molecule has 1 N–H and O–H groups in total. The molecule has 25 heavy (non-hydrogen) atoms. The number of carbonyl (C=O) groups excluding carboxylic acids is 1. The molecule has 0 radical (unpaired) electrons. The fourth-order valence-corrected chi connectivity index (χ4v) is 5.14. The lowest BCUT2D eigenvalue weighted by Gasteiger charge is -2.39. The second-order valence-electron chi connectivity index (χ2n) is 8.07. The number of fused-ring (bicyclic) bond motifs is 3. The molecule has 2 heterocycles. The molecule has 5 rings (SSSR count). The summed E-state index contributed by atoms with van der Waals surface area (Å²) in [4.78, 5) is 14.8. The first-order chi connectivity index (χ1) is 12.2. The highest BCUT2D eigenvalue weighted by atomic mass is 16.7. The van der Waals surface area contributed by atoms with Crippen molar-refractivity contribution < 1.29 is 14.3 Å². The van der Waals surface area contributed by atoms with E-state index in [1.807, 2.05) is 11.8 Å². The largest absolute Gasteiger partial charge is 0.347 e. The van der Waals surface area contributed by atoms with E-state index in [1.165, 1.54) is 11.1 Å². The molecule has 1 aromatic carbocycles. The predicted octanol–water partition coefficient (Wildman–Crippen LogP) is 2.51. The van der Waals surface area contributed by atoms with Crippen LogP contribution in [0.25, 0.3) is 0 Å². The molecule has 5 heteroatoms. The SMILES string of the molecule is CC1([C@@H]2CCCN(C(=O)N[C@@H]3[C@H]4Cc5ccccc5[C@@H]43)C2)OCCO1. The molecule has 0 bridgehead atoms. The molecule has 1 aromatic rings. The first-order valence-electron chi connectivity index (χ1n) is 9.57. The van der Waals surface area contributed by atoms with Gasteiger partial charge in [-0.15, -0.1) is 0 Å². The maximum Gasteiger partial charge on any atom is 0.317 e. The number of nitrogens with one attached hydrogen (secondary N) is 1. The van der Waals surface area contributed by atoms with Gasteiger partial charge in [0.25, 0.3) is 0 Å². The van der Waals surface area contributed by atoms with E-state index in [9.17, 15) is 4.79 Å². The summed E-state index contributed by atoms with van der Waals surface area (Å²) < 4.78 is 11.6. The van der Waals surface area contributed by atoms with Crippen molar-refractivity contribution in [3.8, 4) is 0 Å². The van der Waals surface area contributed by atoms with Gasteiger partial charge in [-0.3, -0.25) is 0 Å². The van der Waals surface area contributed by atoms with Gasteiger partial charge in [-0.05, 0) is 43.2 Å². The first kappa shape index (κ1) is 15.6. The van der Waals surface area contributed by atoms with Gasteiger partial charge in [0.05, 0.1) is 13.2 Å². The van der Waals surface area contributed by atoms with Gasteiger partial charge in [0.2, 0.25) is 0 Å². The summed E-state index contributed by atoms with van der Waals surface area (Å²) in [6.45, 7) is 4.89. The maximum atomic E-state index is 12.8. The molecule has 0 unspecified atom stereocenters. The summed E-state index contributed by atoms with van der Waals surface area (Å²) in [6, 6.07) is 9.06. The van der Waals surface area contributed by atoms with Crippen molar-refractivity contribution in [2.24, 2.45) is 11.8 Å². The molecule has 2 saturated heterocycles. The minimum absolute atomic E-state index is 0.0863. The molecule has 4 aliphatic rings. The van der Waals surface area contributed by atoms with E-state index in [0.29, 0.717) is 31.1 Å². The Morgan fingerprint density at radius 1 is 1.28 bits per heavy atom. The molecule has 2 aliphatic carbocycles. The Bertz CT molecular complexity index is 685. The summed E-state index contributed by atoms with van der Waals surface area (Å²) in [6.07, 6.45) is 3.18. The fourth-order valence-electron chi connectivity index (χ4n) is 5.14. The van der Waals surface area contributed by atoms with Gasteiger partial charge in [-0.25, -0.2) is 4.79 Å². The van der Waals surface area contributed by atoms with Crippen molar-refractivity contribution >= 4 is 6.03 Å². The lowest BCUT2D eigenvalue weighted by molar-refractivity contribution is -0.189. The highest BCUT2D eigenvalue weighted by molar-refractivity contribution is 5.75. The van der Waals surface area contributed by atoms with Gasteiger partial charge in [-0.1, -0.05) is 24.3 Å². The zero-order chi connectivity index (χ0) is 17.0. The van der Waals surface area contributed by atoms with Gasteiger partial charge in [0, 0.05) is 31.0 Å². The third-order valence-corrected chi connectivity index (χ3v) is 6.64. The van der Waals surface area contributed by atoms with Gasteiger partial charge in [0.15, 0.2) is 5.79 Å². The van der Waals surface area contributed by atoms with Crippen molar-refractivity contribution in [1.29, 1.82) is 0 Å². The normalized spacial score (nSPS) is 35.2. The number of hydrogen-bond acceptors (Lipinski definition) is 3. The first-order valence-corrected chi connectivity index (χ1v) is 9.57. The van der Waals surface area contributed by atoms with Crippen LogP contribution in [0.1, 0.15) is 36.8 Å². The fraction of sp³-hybridized carbons (Fsp3) is 0.650. The van der Waals surface area contributed by atoms with Crippen LogP contribution in [0.4, 0.5) is 4.79 Å². The van der Waals surface area contributed by atoms with Crippen molar-refractivity contribution in [3.63, 3.8) is 0 Å². The zero-order valence-corrected chi connectivity index (χ0v) is 14.7. The van der Waals surface area contributed by atoms with Gasteiger partial charge < -0.3 is 19.7 Å². The van der Waals surface area contributed by atoms with Crippen LogP contribution < -0.4 is 5.32 Å². The quantitative estimate of drug-likeness (QED) is 0.898. The van der Waals surface area contributed by atoms with Crippen LogP contribution in [0.5, 0.6) is 0 Å². The number of carbonyl (C=O) groups is 1. The van der Waals surface area contributed by atoms with Crippen molar-refractivity contribution in [1.82, 2.24) is 10.2 Å². The number of nitrogens with zero attached hydrogens (tertiary/aromatic N) is 1. The molecule has 1 saturated carbocycles. The van der Waals surface area contributed by atoms with Crippen LogP contribution in [-0.4, -0.2) is 49.1 Å². The lowest BCUT2D eigenvalue weighted by Crippen LogP contribution is -2.52. The molecule has 5 nitrogen and oxygen atoms in total. The summed E-state index contributed by atoms with van der Waals surface area (Å²) in [7, 11) is 0. The highest BCUT2D eigenvalue weighted by Gasteiger charge is 2.56. The molecular formula is C20H26N2O3. The number of ether oxygens (including phenoxy) is 2. The summed E-state index contributed by atoms with van der Waals surface area (Å²) in [5.74, 6) is 0.864. The van der Waals surface area contributed by atoms with Crippen molar-refractivity contribution in [3.05, 3.63) is 35.4 Å². The monoisotopic (exact) mass is 342 g/mol. The average Bonchev–Trinajstić information content (AvgIpc) is 2.99. The summed E-state index contributed by atoms with van der Waals surface area (Å²) in [5, 5.41) is 3.30. The highest BCUT2D eigenvalue weighted by Crippen LogP contribution is 2.56. The minimum Gasteiger partial charge on any atom is -0.347 e. The van der Waals surface area contributed by atoms with E-state index < -0.39 is 5.79 Å². The van der Waals surface area contributed by atoms with E-state index in [-0.39, 0.29) is 11.9 Å². The Morgan fingerprint density at radius 2 is 2.08 bits per heavy atom.